The number of rotatable bonds is 2. The number of carboxylic acids is 1. The van der Waals surface area contributed by atoms with E-state index in [0.29, 0.717) is 0 Å². The first-order chi connectivity index (χ1) is 12.1. The van der Waals surface area contributed by atoms with E-state index < -0.39 is 11.9 Å². The van der Waals surface area contributed by atoms with Crippen LogP contribution in [0.3, 0.4) is 0 Å². The third kappa shape index (κ3) is 2.96. The molecule has 2 aromatic rings. The van der Waals surface area contributed by atoms with E-state index >= 15 is 0 Å². The molecule has 2 heterocycles. The molecule has 2 N–H and O–H groups in total. The standard InChI is InChI=1S/C21H21NO2S/c1-13(21(23)24)19-12-17-18(25-19)7-6-14-4-2-3-5-16(14)20(17)15-8-10-22-11-9-15/h2-7,12-13,22H,8-11H2,1H3,(H,23,24). The van der Waals surface area contributed by atoms with Crippen molar-refractivity contribution >= 4 is 35.0 Å². The van der Waals surface area contributed by atoms with Crippen molar-refractivity contribution in [3.05, 3.63) is 62.3 Å². The Bertz CT molecular complexity index is 883. The molecule has 4 heteroatoms. The molecule has 2 aliphatic rings. The van der Waals surface area contributed by atoms with E-state index in [4.69, 9.17) is 0 Å². The number of nitrogens with one attached hydrogen (secondary N) is 1. The third-order valence-electron chi connectivity index (χ3n) is 5.05. The summed E-state index contributed by atoms with van der Waals surface area (Å²) in [7, 11) is 0. The Balaban J connectivity index is 1.93. The third-order valence-corrected chi connectivity index (χ3v) is 6.33. The maximum absolute atomic E-state index is 11.4. The van der Waals surface area contributed by atoms with E-state index in [1.54, 1.807) is 18.3 Å². The summed E-state index contributed by atoms with van der Waals surface area (Å²) in [6.45, 7) is 3.78. The molecule has 1 aromatic heterocycles. The first kappa shape index (κ1) is 16.3. The molecule has 1 saturated heterocycles. The number of carboxylic acid groups (broad SMARTS) is 1. The minimum Gasteiger partial charge on any atom is -0.481 e. The zero-order valence-electron chi connectivity index (χ0n) is 14.2. The molecule has 0 spiro atoms. The molecule has 0 bridgehead atoms. The van der Waals surface area contributed by atoms with Gasteiger partial charge >= 0.3 is 5.97 Å². The summed E-state index contributed by atoms with van der Waals surface area (Å²) in [6, 6.07) is 10.6. The fourth-order valence-corrected chi connectivity index (χ4v) is 4.73. The summed E-state index contributed by atoms with van der Waals surface area (Å²) in [5, 5.41) is 12.8. The van der Waals surface area contributed by atoms with Crippen LogP contribution in [0.1, 0.15) is 52.1 Å². The molecule has 1 aromatic carbocycles. The Morgan fingerprint density at radius 1 is 1.16 bits per heavy atom. The lowest BCUT2D eigenvalue weighted by Gasteiger charge is -2.21. The Morgan fingerprint density at radius 3 is 2.68 bits per heavy atom. The molecule has 1 aliphatic heterocycles. The minimum atomic E-state index is -0.767. The van der Waals surface area contributed by atoms with Gasteiger partial charge in [-0.05, 0) is 61.7 Å². The van der Waals surface area contributed by atoms with Gasteiger partial charge in [-0.25, -0.2) is 0 Å². The van der Waals surface area contributed by atoms with Crippen molar-refractivity contribution in [1.29, 1.82) is 0 Å². The van der Waals surface area contributed by atoms with Crippen molar-refractivity contribution in [1.82, 2.24) is 5.32 Å². The van der Waals surface area contributed by atoms with Crippen molar-refractivity contribution < 1.29 is 9.90 Å². The van der Waals surface area contributed by atoms with E-state index in [-0.39, 0.29) is 0 Å². The highest BCUT2D eigenvalue weighted by molar-refractivity contribution is 7.13. The van der Waals surface area contributed by atoms with Gasteiger partial charge in [0.05, 0.1) is 5.92 Å². The molecule has 128 valence electrons. The van der Waals surface area contributed by atoms with E-state index in [2.05, 4.69) is 47.8 Å². The van der Waals surface area contributed by atoms with Crippen LogP contribution in [-0.4, -0.2) is 24.2 Å². The van der Waals surface area contributed by atoms with Gasteiger partial charge in [0.1, 0.15) is 0 Å². The maximum atomic E-state index is 11.4. The second-order valence-electron chi connectivity index (χ2n) is 6.64. The molecular formula is C21H21NO2S. The van der Waals surface area contributed by atoms with Crippen molar-refractivity contribution in [2.45, 2.75) is 25.7 Å². The Morgan fingerprint density at radius 2 is 1.92 bits per heavy atom. The number of carbonyl (C=O) groups is 1. The topological polar surface area (TPSA) is 49.3 Å². The second kappa shape index (κ2) is 6.62. The van der Waals surface area contributed by atoms with Gasteiger partial charge in [0.15, 0.2) is 0 Å². The average molecular weight is 351 g/mol. The Labute approximate surface area is 151 Å². The molecule has 25 heavy (non-hydrogen) atoms. The summed E-state index contributed by atoms with van der Waals surface area (Å²) in [6.07, 6.45) is 6.39. The maximum Gasteiger partial charge on any atom is 0.311 e. The number of hydrogen-bond donors (Lipinski definition) is 2. The van der Waals surface area contributed by atoms with Gasteiger partial charge in [0.2, 0.25) is 0 Å². The molecule has 1 fully saturated rings. The average Bonchev–Trinajstić information content (AvgIpc) is 2.98. The molecule has 0 radical (unpaired) electrons. The zero-order chi connectivity index (χ0) is 17.4. The van der Waals surface area contributed by atoms with Gasteiger partial charge in [-0.2, -0.15) is 0 Å². The lowest BCUT2D eigenvalue weighted by molar-refractivity contribution is -0.138. The number of fused-ring (bicyclic) bond motifs is 2. The molecule has 1 unspecified atom stereocenters. The van der Waals surface area contributed by atoms with Crippen LogP contribution in [0.15, 0.2) is 35.9 Å². The summed E-state index contributed by atoms with van der Waals surface area (Å²) >= 11 is 1.61. The predicted molar refractivity (Wildman–Crippen MR) is 104 cm³/mol. The van der Waals surface area contributed by atoms with Crippen LogP contribution in [-0.2, 0) is 4.79 Å². The largest absolute Gasteiger partial charge is 0.481 e. The van der Waals surface area contributed by atoms with Gasteiger partial charge in [-0.1, -0.05) is 35.9 Å². The van der Waals surface area contributed by atoms with E-state index in [9.17, 15) is 9.90 Å². The number of thiophene rings is 1. The van der Waals surface area contributed by atoms with E-state index in [1.807, 2.05) is 0 Å². The van der Waals surface area contributed by atoms with Crippen molar-refractivity contribution in [2.75, 3.05) is 13.1 Å². The van der Waals surface area contributed by atoms with Crippen LogP contribution in [0.25, 0.3) is 17.7 Å². The summed E-state index contributed by atoms with van der Waals surface area (Å²) in [5.74, 6) is -1.24. The smallest absolute Gasteiger partial charge is 0.311 e. The van der Waals surface area contributed by atoms with Gasteiger partial charge in [0, 0.05) is 15.3 Å². The molecule has 0 saturated carbocycles. The number of piperidine rings is 1. The first-order valence-electron chi connectivity index (χ1n) is 8.72. The Hall–Kier alpha value is -2.17. The Kier molecular flexibility index (Phi) is 4.32. The van der Waals surface area contributed by atoms with Crippen LogP contribution in [0, 0.1) is 0 Å². The number of benzene rings is 1. The predicted octanol–water partition coefficient (Wildman–Crippen LogP) is 4.61. The fourth-order valence-electron chi connectivity index (χ4n) is 3.62. The number of hydrogen-bond acceptors (Lipinski definition) is 3. The van der Waals surface area contributed by atoms with Crippen LogP contribution >= 0.6 is 11.3 Å². The minimum absolute atomic E-state index is 0.472. The fraction of sp³-hybridized carbons (Fsp3) is 0.286. The van der Waals surface area contributed by atoms with E-state index in [1.165, 1.54) is 32.7 Å². The molecule has 1 aliphatic carbocycles. The highest BCUT2D eigenvalue weighted by Crippen LogP contribution is 2.42. The summed E-state index contributed by atoms with van der Waals surface area (Å²) < 4.78 is 0. The number of aliphatic carboxylic acids is 1. The van der Waals surface area contributed by atoms with Crippen LogP contribution in [0.4, 0.5) is 0 Å². The first-order valence-corrected chi connectivity index (χ1v) is 9.54. The monoisotopic (exact) mass is 351 g/mol. The second-order valence-corrected chi connectivity index (χ2v) is 7.75. The zero-order valence-corrected chi connectivity index (χ0v) is 15.0. The molecule has 3 nitrogen and oxygen atoms in total. The van der Waals surface area contributed by atoms with Crippen LogP contribution in [0.2, 0.25) is 0 Å². The summed E-state index contributed by atoms with van der Waals surface area (Å²) in [4.78, 5) is 13.5. The highest BCUT2D eigenvalue weighted by atomic mass is 32.1. The van der Waals surface area contributed by atoms with Gasteiger partial charge < -0.3 is 10.4 Å². The van der Waals surface area contributed by atoms with Crippen molar-refractivity contribution in [3.8, 4) is 0 Å². The van der Waals surface area contributed by atoms with Crippen molar-refractivity contribution in [2.24, 2.45) is 0 Å². The van der Waals surface area contributed by atoms with E-state index in [0.717, 1.165) is 30.8 Å². The molecular weight excluding hydrogens is 330 g/mol. The molecule has 0 amide bonds. The van der Waals surface area contributed by atoms with Crippen molar-refractivity contribution in [3.63, 3.8) is 0 Å². The van der Waals surface area contributed by atoms with Crippen LogP contribution in [0.5, 0.6) is 0 Å². The van der Waals surface area contributed by atoms with Gasteiger partial charge in [0.25, 0.3) is 0 Å². The lowest BCUT2D eigenvalue weighted by Crippen LogP contribution is -2.24. The normalized spacial score (nSPS) is 17.6. The lowest BCUT2D eigenvalue weighted by atomic mass is 9.87. The SMILES string of the molecule is CC(C(=O)O)c1cc2c(s1)C=Cc1ccccc1C2=C1CCNCC1. The quantitative estimate of drug-likeness (QED) is 0.709. The van der Waals surface area contributed by atoms with Gasteiger partial charge in [-0.3, -0.25) is 4.79 Å². The molecule has 4 rings (SSSR count). The van der Waals surface area contributed by atoms with Gasteiger partial charge in [-0.15, -0.1) is 11.3 Å². The summed E-state index contributed by atoms with van der Waals surface area (Å²) in [5.41, 5.74) is 6.49. The molecule has 1 atom stereocenters. The highest BCUT2D eigenvalue weighted by Gasteiger charge is 2.25. The van der Waals surface area contributed by atoms with Crippen LogP contribution < -0.4 is 5.32 Å².